The molecule has 0 N–H and O–H groups in total. The minimum atomic E-state index is -0.555. The van der Waals surface area contributed by atoms with Crippen molar-refractivity contribution in [2.24, 2.45) is 5.92 Å². The number of nitrogens with zero attached hydrogens (tertiary/aromatic N) is 2. The number of hydrogen-bond donors (Lipinski definition) is 0. The lowest BCUT2D eigenvalue weighted by molar-refractivity contribution is 0.0353. The molecule has 5 rings (SSSR count). The van der Waals surface area contributed by atoms with Gasteiger partial charge in [-0.3, -0.25) is 14.5 Å². The molecule has 2 aromatic carbocycles. The van der Waals surface area contributed by atoms with Crippen molar-refractivity contribution in [2.45, 2.75) is 32.7 Å². The third-order valence-electron chi connectivity index (χ3n) is 7.04. The van der Waals surface area contributed by atoms with E-state index in [2.05, 4.69) is 18.7 Å². The molecular formula is C29H33ClN2O5. The number of hydrogen-bond acceptors (Lipinski definition) is 6. The van der Waals surface area contributed by atoms with Gasteiger partial charge in [0.15, 0.2) is 5.43 Å². The highest BCUT2D eigenvalue weighted by atomic mass is 35.5. The highest BCUT2D eigenvalue weighted by molar-refractivity contribution is 6.31. The first-order valence-corrected chi connectivity index (χ1v) is 13.4. The standard InChI is InChI=1S/C29H33ClN2O5/c1-19(2)9-14-36-22-6-3-5-20(17-22)26-25-27(33)23-18-21(30)7-8-24(23)37-28(25)29(34)32(26)11-4-10-31-12-15-35-16-13-31/h3,5-8,17-19,26H,4,9-16H2,1-2H3. The molecule has 1 amide bonds. The predicted molar refractivity (Wildman–Crippen MR) is 144 cm³/mol. The molecule has 3 aromatic rings. The zero-order valence-corrected chi connectivity index (χ0v) is 22.1. The number of amides is 1. The fourth-order valence-electron chi connectivity index (χ4n) is 5.05. The normalized spacial score (nSPS) is 18.1. The number of benzene rings is 2. The molecule has 2 aliphatic rings. The number of halogens is 1. The van der Waals surface area contributed by atoms with Gasteiger partial charge >= 0.3 is 0 Å². The van der Waals surface area contributed by atoms with Crippen LogP contribution in [-0.2, 0) is 4.74 Å². The zero-order chi connectivity index (χ0) is 25.9. The van der Waals surface area contributed by atoms with Gasteiger partial charge in [-0.25, -0.2) is 0 Å². The van der Waals surface area contributed by atoms with Gasteiger partial charge in [0.2, 0.25) is 5.76 Å². The summed E-state index contributed by atoms with van der Waals surface area (Å²) in [6.07, 6.45) is 1.72. The van der Waals surface area contributed by atoms with Gasteiger partial charge in [-0.1, -0.05) is 37.6 Å². The Kier molecular flexibility index (Phi) is 7.84. The Balaban J connectivity index is 1.50. The average Bonchev–Trinajstić information content (AvgIpc) is 3.17. The highest BCUT2D eigenvalue weighted by Crippen LogP contribution is 2.39. The first-order chi connectivity index (χ1) is 17.9. The average molecular weight is 525 g/mol. The smallest absolute Gasteiger partial charge is 0.290 e. The van der Waals surface area contributed by atoms with Gasteiger partial charge in [-0.2, -0.15) is 0 Å². The number of rotatable bonds is 9. The van der Waals surface area contributed by atoms with Crippen molar-refractivity contribution >= 4 is 28.5 Å². The maximum Gasteiger partial charge on any atom is 0.290 e. The number of carbonyl (C=O) groups is 1. The predicted octanol–water partition coefficient (Wildman–Crippen LogP) is 5.14. The highest BCUT2D eigenvalue weighted by Gasteiger charge is 2.42. The molecule has 1 unspecified atom stereocenters. The fourth-order valence-corrected chi connectivity index (χ4v) is 5.22. The Morgan fingerprint density at radius 1 is 1.08 bits per heavy atom. The Morgan fingerprint density at radius 2 is 1.89 bits per heavy atom. The van der Waals surface area contributed by atoms with Crippen molar-refractivity contribution in [3.63, 3.8) is 0 Å². The zero-order valence-electron chi connectivity index (χ0n) is 21.4. The van der Waals surface area contributed by atoms with Gasteiger partial charge in [0.1, 0.15) is 11.3 Å². The molecule has 0 aliphatic carbocycles. The number of morpholine rings is 1. The number of ether oxygens (including phenoxy) is 2. The van der Waals surface area contributed by atoms with Crippen LogP contribution in [0, 0.1) is 5.92 Å². The van der Waals surface area contributed by atoms with E-state index < -0.39 is 6.04 Å². The topological polar surface area (TPSA) is 72.2 Å². The third kappa shape index (κ3) is 5.54. The molecule has 0 spiro atoms. The summed E-state index contributed by atoms with van der Waals surface area (Å²) < 4.78 is 17.5. The summed E-state index contributed by atoms with van der Waals surface area (Å²) in [5, 5.41) is 0.826. The summed E-state index contributed by atoms with van der Waals surface area (Å²) >= 11 is 6.20. The Morgan fingerprint density at radius 3 is 2.68 bits per heavy atom. The Hall–Kier alpha value is -2.87. The molecule has 1 fully saturated rings. The molecule has 1 aromatic heterocycles. The molecule has 2 aliphatic heterocycles. The van der Waals surface area contributed by atoms with Gasteiger partial charge in [-0.15, -0.1) is 0 Å². The van der Waals surface area contributed by atoms with Gasteiger partial charge in [0.05, 0.1) is 36.8 Å². The summed E-state index contributed by atoms with van der Waals surface area (Å²) in [7, 11) is 0. The van der Waals surface area contributed by atoms with Crippen LogP contribution in [0.5, 0.6) is 5.75 Å². The maximum absolute atomic E-state index is 13.7. The second-order valence-corrected chi connectivity index (χ2v) is 10.6. The third-order valence-corrected chi connectivity index (χ3v) is 7.28. The Bertz CT molecular complexity index is 1330. The van der Waals surface area contributed by atoms with E-state index in [-0.39, 0.29) is 17.1 Å². The summed E-state index contributed by atoms with van der Waals surface area (Å²) in [5.74, 6) is 1.11. The first kappa shape index (κ1) is 25.8. The van der Waals surface area contributed by atoms with Crippen molar-refractivity contribution in [2.75, 3.05) is 46.0 Å². The van der Waals surface area contributed by atoms with Crippen LogP contribution < -0.4 is 10.2 Å². The Labute approximate surface area is 221 Å². The van der Waals surface area contributed by atoms with Gasteiger partial charge in [0.25, 0.3) is 5.91 Å². The van der Waals surface area contributed by atoms with Gasteiger partial charge in [0, 0.05) is 31.2 Å². The second kappa shape index (κ2) is 11.3. The lowest BCUT2D eigenvalue weighted by Crippen LogP contribution is -2.38. The van der Waals surface area contributed by atoms with Crippen LogP contribution in [0.4, 0.5) is 0 Å². The summed E-state index contributed by atoms with van der Waals surface area (Å²) in [6, 6.07) is 12.1. The molecule has 1 saturated heterocycles. The molecule has 8 heteroatoms. The van der Waals surface area contributed by atoms with Crippen molar-refractivity contribution < 1.29 is 18.7 Å². The molecule has 7 nitrogen and oxygen atoms in total. The minimum absolute atomic E-state index is 0.113. The molecule has 3 heterocycles. The van der Waals surface area contributed by atoms with Gasteiger partial charge in [-0.05, 0) is 54.7 Å². The van der Waals surface area contributed by atoms with Crippen molar-refractivity contribution in [3.05, 3.63) is 74.6 Å². The van der Waals surface area contributed by atoms with Crippen LogP contribution in [0.15, 0.2) is 51.7 Å². The van der Waals surface area contributed by atoms with Crippen LogP contribution in [0.2, 0.25) is 5.02 Å². The summed E-state index contributed by atoms with van der Waals surface area (Å²) in [4.78, 5) is 31.5. The van der Waals surface area contributed by atoms with Crippen molar-refractivity contribution in [1.29, 1.82) is 0 Å². The number of fused-ring (bicyclic) bond motifs is 2. The number of carbonyl (C=O) groups excluding carboxylic acids is 1. The van der Waals surface area contributed by atoms with E-state index in [0.29, 0.717) is 40.6 Å². The lowest BCUT2D eigenvalue weighted by Gasteiger charge is -2.29. The molecule has 1 atom stereocenters. The molecule has 196 valence electrons. The largest absolute Gasteiger partial charge is 0.494 e. The van der Waals surface area contributed by atoms with Gasteiger partial charge < -0.3 is 18.8 Å². The summed E-state index contributed by atoms with van der Waals surface area (Å²) in [5.41, 5.74) is 1.33. The van der Waals surface area contributed by atoms with Crippen molar-refractivity contribution in [1.82, 2.24) is 9.80 Å². The van der Waals surface area contributed by atoms with E-state index >= 15 is 0 Å². The molecule has 37 heavy (non-hydrogen) atoms. The van der Waals surface area contributed by atoms with Crippen LogP contribution >= 0.6 is 11.6 Å². The van der Waals surface area contributed by atoms with E-state index in [1.165, 1.54) is 0 Å². The molecule has 0 saturated carbocycles. The van der Waals surface area contributed by atoms with Crippen LogP contribution in [0.25, 0.3) is 11.0 Å². The fraction of sp³-hybridized carbons (Fsp3) is 0.448. The van der Waals surface area contributed by atoms with E-state index in [1.54, 1.807) is 23.1 Å². The molecule has 0 bridgehead atoms. The van der Waals surface area contributed by atoms with Crippen molar-refractivity contribution in [3.8, 4) is 5.75 Å². The summed E-state index contributed by atoms with van der Waals surface area (Å²) in [6.45, 7) is 9.52. The van der Waals surface area contributed by atoms with E-state index in [9.17, 15) is 9.59 Å². The quantitative estimate of drug-likeness (QED) is 0.386. The minimum Gasteiger partial charge on any atom is -0.494 e. The van der Waals surface area contributed by atoms with E-state index in [0.717, 1.165) is 57.0 Å². The van der Waals surface area contributed by atoms with Crippen LogP contribution in [0.3, 0.4) is 0 Å². The first-order valence-electron chi connectivity index (χ1n) is 13.0. The molecular weight excluding hydrogens is 492 g/mol. The van der Waals surface area contributed by atoms with Crippen LogP contribution in [0.1, 0.15) is 54.4 Å². The van der Waals surface area contributed by atoms with E-state index in [1.807, 2.05) is 24.3 Å². The lowest BCUT2D eigenvalue weighted by atomic mass is 9.98. The monoisotopic (exact) mass is 524 g/mol. The SMILES string of the molecule is CC(C)CCOc1cccc(C2c3c(oc4ccc(Cl)cc4c3=O)C(=O)N2CCCN2CCOCC2)c1. The van der Waals surface area contributed by atoms with E-state index in [4.69, 9.17) is 25.5 Å². The van der Waals surface area contributed by atoms with Crippen LogP contribution in [-0.4, -0.2) is 61.7 Å². The second-order valence-electron chi connectivity index (χ2n) is 10.1. The molecule has 0 radical (unpaired) electrons. The maximum atomic E-state index is 13.7.